The van der Waals surface area contributed by atoms with E-state index in [9.17, 15) is 0 Å². The van der Waals surface area contributed by atoms with Crippen LogP contribution in [0.2, 0.25) is 0 Å². The molecule has 0 nitrogen and oxygen atoms in total. The minimum absolute atomic E-state index is 0.171. The molecular formula is C21H28S. The van der Waals surface area contributed by atoms with Crippen LogP contribution in [0.15, 0.2) is 59.5 Å². The molecule has 0 saturated carbocycles. The first kappa shape index (κ1) is 17.1. The summed E-state index contributed by atoms with van der Waals surface area (Å²) < 4.78 is 0.171. The standard InChI is InChI=1S/C21H28S/c1-6-21(7-2,18-11-9-8-10-12-18)22-19-15-13-17(14-16-19)20(3,4)5/h8-16H,6-7H2,1-5H3. The van der Waals surface area contributed by atoms with Crippen molar-refractivity contribution in [3.63, 3.8) is 0 Å². The molecule has 0 atom stereocenters. The molecule has 0 amide bonds. The van der Waals surface area contributed by atoms with Crippen molar-refractivity contribution >= 4 is 11.8 Å². The summed E-state index contributed by atoms with van der Waals surface area (Å²) in [5, 5.41) is 0. The molecule has 118 valence electrons. The fourth-order valence-electron chi connectivity index (χ4n) is 2.85. The Bertz CT molecular complexity index is 572. The van der Waals surface area contributed by atoms with Gasteiger partial charge in [0.1, 0.15) is 0 Å². The van der Waals surface area contributed by atoms with Crippen LogP contribution >= 0.6 is 11.8 Å². The van der Waals surface area contributed by atoms with Crippen LogP contribution in [0, 0.1) is 0 Å². The lowest BCUT2D eigenvalue weighted by molar-refractivity contribution is 0.578. The first-order valence-electron chi connectivity index (χ1n) is 8.26. The third-order valence-corrected chi connectivity index (χ3v) is 6.19. The number of rotatable bonds is 5. The van der Waals surface area contributed by atoms with Gasteiger partial charge in [-0.05, 0) is 41.5 Å². The molecule has 0 spiro atoms. The van der Waals surface area contributed by atoms with Gasteiger partial charge in [0.05, 0.1) is 0 Å². The third-order valence-electron chi connectivity index (χ3n) is 4.48. The molecule has 0 unspecified atom stereocenters. The van der Waals surface area contributed by atoms with Crippen molar-refractivity contribution in [1.29, 1.82) is 0 Å². The number of benzene rings is 2. The zero-order chi connectivity index (χ0) is 16.2. The van der Waals surface area contributed by atoms with Gasteiger partial charge in [-0.3, -0.25) is 0 Å². The lowest BCUT2D eigenvalue weighted by atomic mass is 9.87. The highest BCUT2D eigenvalue weighted by atomic mass is 32.2. The molecule has 22 heavy (non-hydrogen) atoms. The fraction of sp³-hybridized carbons (Fsp3) is 0.429. The van der Waals surface area contributed by atoms with Gasteiger partial charge in [0.2, 0.25) is 0 Å². The topological polar surface area (TPSA) is 0 Å². The quantitative estimate of drug-likeness (QED) is 0.547. The van der Waals surface area contributed by atoms with Crippen molar-refractivity contribution in [2.45, 2.75) is 62.5 Å². The molecule has 0 aliphatic carbocycles. The first-order chi connectivity index (χ1) is 10.4. The number of hydrogen-bond donors (Lipinski definition) is 0. The van der Waals surface area contributed by atoms with E-state index in [0.29, 0.717) is 0 Å². The molecule has 0 fully saturated rings. The Morgan fingerprint density at radius 1 is 0.727 bits per heavy atom. The van der Waals surface area contributed by atoms with Crippen LogP contribution in [0.5, 0.6) is 0 Å². The van der Waals surface area contributed by atoms with Crippen LogP contribution in [-0.4, -0.2) is 0 Å². The van der Waals surface area contributed by atoms with Crippen LogP contribution in [0.3, 0.4) is 0 Å². The summed E-state index contributed by atoms with van der Waals surface area (Å²) in [7, 11) is 0. The number of thioether (sulfide) groups is 1. The predicted molar refractivity (Wildman–Crippen MR) is 99.7 cm³/mol. The van der Waals surface area contributed by atoms with E-state index < -0.39 is 0 Å². The monoisotopic (exact) mass is 312 g/mol. The Labute approximate surface area is 140 Å². The normalized spacial score (nSPS) is 12.4. The van der Waals surface area contributed by atoms with Crippen molar-refractivity contribution in [1.82, 2.24) is 0 Å². The maximum absolute atomic E-state index is 2.30. The van der Waals surface area contributed by atoms with Gasteiger partial charge < -0.3 is 0 Å². The average Bonchev–Trinajstić information content (AvgIpc) is 2.53. The average molecular weight is 313 g/mol. The minimum atomic E-state index is 0.171. The van der Waals surface area contributed by atoms with Crippen molar-refractivity contribution in [2.75, 3.05) is 0 Å². The van der Waals surface area contributed by atoms with Gasteiger partial charge in [0.25, 0.3) is 0 Å². The summed E-state index contributed by atoms with van der Waals surface area (Å²) in [6, 6.07) is 20.1. The Hall–Kier alpha value is -1.21. The molecule has 0 bridgehead atoms. The molecule has 0 radical (unpaired) electrons. The zero-order valence-corrected chi connectivity index (χ0v) is 15.3. The van der Waals surface area contributed by atoms with E-state index in [0.717, 1.165) is 12.8 Å². The third kappa shape index (κ3) is 3.76. The van der Waals surface area contributed by atoms with E-state index in [1.165, 1.54) is 16.0 Å². The molecule has 0 aromatic heterocycles. The van der Waals surface area contributed by atoms with Gasteiger partial charge in [-0.15, -0.1) is 11.8 Å². The van der Waals surface area contributed by atoms with E-state index in [4.69, 9.17) is 0 Å². The van der Waals surface area contributed by atoms with Crippen molar-refractivity contribution in [3.8, 4) is 0 Å². The van der Waals surface area contributed by atoms with Crippen LogP contribution in [0.4, 0.5) is 0 Å². The lowest BCUT2D eigenvalue weighted by Gasteiger charge is -2.32. The molecule has 2 rings (SSSR count). The second-order valence-electron chi connectivity index (χ2n) is 6.94. The van der Waals surface area contributed by atoms with Gasteiger partial charge in [-0.1, -0.05) is 77.1 Å². The van der Waals surface area contributed by atoms with E-state index in [1.807, 2.05) is 11.8 Å². The number of hydrogen-bond acceptors (Lipinski definition) is 1. The largest absolute Gasteiger partial charge is 0.115 e. The second kappa shape index (κ2) is 6.91. The second-order valence-corrected chi connectivity index (χ2v) is 8.40. The zero-order valence-electron chi connectivity index (χ0n) is 14.5. The molecule has 2 aromatic rings. The fourth-order valence-corrected chi connectivity index (χ4v) is 4.12. The molecule has 0 N–H and O–H groups in total. The molecule has 2 aromatic carbocycles. The summed E-state index contributed by atoms with van der Waals surface area (Å²) in [5.74, 6) is 0. The van der Waals surface area contributed by atoms with E-state index in [-0.39, 0.29) is 10.2 Å². The van der Waals surface area contributed by atoms with Crippen LogP contribution in [-0.2, 0) is 10.2 Å². The van der Waals surface area contributed by atoms with Gasteiger partial charge in [-0.25, -0.2) is 0 Å². The molecule has 0 saturated heterocycles. The van der Waals surface area contributed by atoms with Crippen LogP contribution in [0.25, 0.3) is 0 Å². The van der Waals surface area contributed by atoms with Gasteiger partial charge >= 0.3 is 0 Å². The maximum Gasteiger partial charge on any atom is 0.0450 e. The summed E-state index contributed by atoms with van der Waals surface area (Å²) in [6.07, 6.45) is 2.28. The smallest absolute Gasteiger partial charge is 0.0450 e. The lowest BCUT2D eigenvalue weighted by Crippen LogP contribution is -2.19. The highest BCUT2D eigenvalue weighted by Gasteiger charge is 2.29. The summed E-state index contributed by atoms with van der Waals surface area (Å²) >= 11 is 2.01. The van der Waals surface area contributed by atoms with Crippen LogP contribution in [0.1, 0.15) is 58.6 Å². The van der Waals surface area contributed by atoms with E-state index >= 15 is 0 Å². The van der Waals surface area contributed by atoms with Crippen molar-refractivity contribution in [2.24, 2.45) is 0 Å². The van der Waals surface area contributed by atoms with Gasteiger partial charge in [-0.2, -0.15) is 0 Å². The molecule has 1 heteroatoms. The maximum atomic E-state index is 2.30. The SMILES string of the molecule is CCC(CC)(Sc1ccc(C(C)(C)C)cc1)c1ccccc1. The Morgan fingerprint density at radius 3 is 1.73 bits per heavy atom. The van der Waals surface area contributed by atoms with Crippen molar-refractivity contribution < 1.29 is 0 Å². The van der Waals surface area contributed by atoms with E-state index in [1.54, 1.807) is 0 Å². The van der Waals surface area contributed by atoms with E-state index in [2.05, 4.69) is 89.2 Å². The van der Waals surface area contributed by atoms with Crippen LogP contribution < -0.4 is 0 Å². The van der Waals surface area contributed by atoms with Crippen molar-refractivity contribution in [3.05, 3.63) is 65.7 Å². The Balaban J connectivity index is 2.29. The highest BCUT2D eigenvalue weighted by Crippen LogP contribution is 2.46. The summed E-state index contributed by atoms with van der Waals surface area (Å²) in [4.78, 5) is 1.36. The summed E-state index contributed by atoms with van der Waals surface area (Å²) in [5.41, 5.74) is 3.05. The Morgan fingerprint density at radius 2 is 1.27 bits per heavy atom. The molecule has 0 aliphatic heterocycles. The highest BCUT2D eigenvalue weighted by molar-refractivity contribution is 8.00. The molecular weight excluding hydrogens is 284 g/mol. The molecule has 0 heterocycles. The van der Waals surface area contributed by atoms with Gasteiger partial charge in [0.15, 0.2) is 0 Å². The van der Waals surface area contributed by atoms with Gasteiger partial charge in [0, 0.05) is 9.64 Å². The first-order valence-corrected chi connectivity index (χ1v) is 9.08. The molecule has 0 aliphatic rings. The summed E-state index contributed by atoms with van der Waals surface area (Å²) in [6.45, 7) is 11.4. The predicted octanol–water partition coefficient (Wildman–Crippen LogP) is 6.79. The minimum Gasteiger partial charge on any atom is -0.115 e. The Kier molecular flexibility index (Phi) is 5.39.